The van der Waals surface area contributed by atoms with E-state index in [9.17, 15) is 28.7 Å². The summed E-state index contributed by atoms with van der Waals surface area (Å²) < 4.78 is 26.9. The van der Waals surface area contributed by atoms with Gasteiger partial charge in [-0.05, 0) is 18.2 Å². The molecule has 2 rings (SSSR count). The third-order valence-electron chi connectivity index (χ3n) is 3.93. The second-order valence-corrected chi connectivity index (χ2v) is 7.52. The number of nitro groups is 1. The van der Waals surface area contributed by atoms with Gasteiger partial charge in [-0.25, -0.2) is 8.42 Å². The lowest BCUT2D eigenvalue weighted by Crippen LogP contribution is -2.31. The number of para-hydroxylation sites is 1. The number of nitro benzene ring substituents is 1. The standard InChI is InChI=1S/C17H20N4O6S/c1-3-20(4-2)28(26,27)16-10-13(21(24)25)8-9-14(16)19-18-11-12-6-5-7-15(22)17(12)23/h5-11,19,22-23H,3-4H2,1-2H3/b18-11+. The summed E-state index contributed by atoms with van der Waals surface area (Å²) in [5, 5.41) is 34.2. The van der Waals surface area contributed by atoms with Crippen LogP contribution in [0.1, 0.15) is 19.4 Å². The van der Waals surface area contributed by atoms with Crippen molar-refractivity contribution in [2.45, 2.75) is 18.7 Å². The Labute approximate surface area is 161 Å². The Kier molecular flexibility index (Phi) is 6.54. The largest absolute Gasteiger partial charge is 0.504 e. The van der Waals surface area contributed by atoms with Crippen LogP contribution in [0.25, 0.3) is 0 Å². The van der Waals surface area contributed by atoms with Gasteiger partial charge in [0.2, 0.25) is 10.0 Å². The number of non-ortho nitro benzene ring substituents is 1. The van der Waals surface area contributed by atoms with Gasteiger partial charge in [-0.1, -0.05) is 19.9 Å². The molecule has 3 N–H and O–H groups in total. The number of hydrogen-bond donors (Lipinski definition) is 3. The number of benzene rings is 2. The number of nitrogens with one attached hydrogen (secondary N) is 1. The van der Waals surface area contributed by atoms with Gasteiger partial charge in [-0.3, -0.25) is 15.5 Å². The van der Waals surface area contributed by atoms with Gasteiger partial charge in [0, 0.05) is 30.8 Å². The minimum atomic E-state index is -3.99. The normalized spacial score (nSPS) is 11.8. The topological polar surface area (TPSA) is 145 Å². The first kappa shape index (κ1) is 21.1. The highest BCUT2D eigenvalue weighted by molar-refractivity contribution is 7.89. The lowest BCUT2D eigenvalue weighted by atomic mass is 10.2. The van der Waals surface area contributed by atoms with Crippen LogP contribution in [0.2, 0.25) is 0 Å². The maximum absolute atomic E-state index is 12.9. The minimum absolute atomic E-state index is 0.0355. The summed E-state index contributed by atoms with van der Waals surface area (Å²) in [7, 11) is -3.99. The Balaban J connectivity index is 2.45. The molecule has 0 saturated heterocycles. The number of phenols is 2. The molecule has 0 unspecified atom stereocenters. The molecule has 2 aromatic rings. The highest BCUT2D eigenvalue weighted by Gasteiger charge is 2.27. The number of hydrazone groups is 1. The molecular weight excluding hydrogens is 388 g/mol. The fourth-order valence-electron chi connectivity index (χ4n) is 2.46. The Morgan fingerprint density at radius 1 is 1.21 bits per heavy atom. The van der Waals surface area contributed by atoms with Crippen LogP contribution in [0.15, 0.2) is 46.4 Å². The Morgan fingerprint density at radius 3 is 2.50 bits per heavy atom. The zero-order valence-electron chi connectivity index (χ0n) is 15.2. The van der Waals surface area contributed by atoms with Crippen LogP contribution in [0.5, 0.6) is 11.5 Å². The molecule has 0 saturated carbocycles. The number of aromatic hydroxyl groups is 2. The highest BCUT2D eigenvalue weighted by Crippen LogP contribution is 2.30. The number of phenolic OH excluding ortho intramolecular Hbond substituents is 2. The van der Waals surface area contributed by atoms with E-state index in [2.05, 4.69) is 10.5 Å². The monoisotopic (exact) mass is 408 g/mol. The summed E-state index contributed by atoms with van der Waals surface area (Å²) in [6, 6.07) is 7.66. The van der Waals surface area contributed by atoms with Crippen LogP contribution in [-0.4, -0.2) is 47.2 Å². The molecule has 0 aliphatic heterocycles. The molecule has 0 aromatic heterocycles. The van der Waals surface area contributed by atoms with Crippen molar-refractivity contribution in [1.82, 2.24) is 4.31 Å². The molecule has 0 spiro atoms. The van der Waals surface area contributed by atoms with Crippen molar-refractivity contribution in [2.75, 3.05) is 18.5 Å². The van der Waals surface area contributed by atoms with Crippen LogP contribution in [0.4, 0.5) is 11.4 Å². The lowest BCUT2D eigenvalue weighted by Gasteiger charge is -2.20. The fourth-order valence-corrected chi connectivity index (χ4v) is 4.08. The number of hydrogen-bond acceptors (Lipinski definition) is 8. The Bertz CT molecular complexity index is 1000. The van der Waals surface area contributed by atoms with Gasteiger partial charge in [0.15, 0.2) is 11.5 Å². The van der Waals surface area contributed by atoms with Crippen LogP contribution in [0.3, 0.4) is 0 Å². The summed E-state index contributed by atoms with van der Waals surface area (Å²) in [6.45, 7) is 3.71. The number of sulfonamides is 1. The average molecular weight is 408 g/mol. The predicted octanol–water partition coefficient (Wildman–Crippen LogP) is 2.48. The molecule has 2 aromatic carbocycles. The molecule has 0 aliphatic carbocycles. The van der Waals surface area contributed by atoms with E-state index in [-0.39, 0.29) is 46.4 Å². The zero-order valence-corrected chi connectivity index (χ0v) is 16.0. The van der Waals surface area contributed by atoms with Gasteiger partial charge >= 0.3 is 0 Å². The summed E-state index contributed by atoms with van der Waals surface area (Å²) in [6.07, 6.45) is 1.18. The second kappa shape index (κ2) is 8.67. The molecule has 10 nitrogen and oxygen atoms in total. The zero-order chi connectivity index (χ0) is 20.9. The number of nitrogens with zero attached hydrogens (tertiary/aromatic N) is 3. The number of anilines is 1. The molecule has 0 bridgehead atoms. The molecule has 0 fully saturated rings. The van der Waals surface area contributed by atoms with Crippen LogP contribution < -0.4 is 5.43 Å². The lowest BCUT2D eigenvalue weighted by molar-refractivity contribution is -0.385. The van der Waals surface area contributed by atoms with Gasteiger partial charge in [0.05, 0.1) is 16.8 Å². The Hall–Kier alpha value is -3.18. The first-order valence-electron chi connectivity index (χ1n) is 8.31. The molecule has 11 heteroatoms. The van der Waals surface area contributed by atoms with Crippen molar-refractivity contribution >= 4 is 27.6 Å². The van der Waals surface area contributed by atoms with E-state index in [1.54, 1.807) is 13.8 Å². The highest BCUT2D eigenvalue weighted by atomic mass is 32.2. The van der Waals surface area contributed by atoms with Gasteiger partial charge < -0.3 is 10.2 Å². The van der Waals surface area contributed by atoms with Crippen LogP contribution >= 0.6 is 0 Å². The van der Waals surface area contributed by atoms with Gasteiger partial charge in [0.25, 0.3) is 5.69 Å². The van der Waals surface area contributed by atoms with E-state index in [1.165, 1.54) is 34.8 Å². The van der Waals surface area contributed by atoms with E-state index >= 15 is 0 Å². The van der Waals surface area contributed by atoms with Crippen molar-refractivity contribution in [3.05, 3.63) is 52.1 Å². The predicted molar refractivity (Wildman–Crippen MR) is 104 cm³/mol. The SMILES string of the molecule is CCN(CC)S(=O)(=O)c1cc([N+](=O)[O-])ccc1N/N=C/c1cccc(O)c1O. The third kappa shape index (κ3) is 4.38. The van der Waals surface area contributed by atoms with Crippen molar-refractivity contribution in [3.8, 4) is 11.5 Å². The second-order valence-electron chi connectivity index (χ2n) is 5.61. The van der Waals surface area contributed by atoms with E-state index in [0.717, 1.165) is 12.1 Å². The van der Waals surface area contributed by atoms with E-state index < -0.39 is 14.9 Å². The first-order valence-corrected chi connectivity index (χ1v) is 9.75. The van der Waals surface area contributed by atoms with E-state index in [0.29, 0.717) is 0 Å². The molecule has 0 radical (unpaired) electrons. The summed E-state index contributed by atoms with van der Waals surface area (Å²) in [5.74, 6) is -0.711. The van der Waals surface area contributed by atoms with E-state index in [1.807, 2.05) is 0 Å². The molecule has 0 heterocycles. The summed E-state index contributed by atoms with van der Waals surface area (Å²) in [4.78, 5) is 10.1. The first-order chi connectivity index (χ1) is 13.2. The maximum Gasteiger partial charge on any atom is 0.270 e. The van der Waals surface area contributed by atoms with Gasteiger partial charge in [0.1, 0.15) is 4.90 Å². The van der Waals surface area contributed by atoms with E-state index in [4.69, 9.17) is 0 Å². The molecule has 0 amide bonds. The molecule has 0 aliphatic rings. The van der Waals surface area contributed by atoms with Crippen molar-refractivity contribution in [1.29, 1.82) is 0 Å². The number of rotatable bonds is 8. The molecular formula is C17H20N4O6S. The van der Waals surface area contributed by atoms with Gasteiger partial charge in [-0.2, -0.15) is 9.41 Å². The molecule has 150 valence electrons. The fraction of sp³-hybridized carbons (Fsp3) is 0.235. The van der Waals surface area contributed by atoms with Crippen molar-refractivity contribution < 1.29 is 23.6 Å². The molecule has 0 atom stereocenters. The summed E-state index contributed by atoms with van der Waals surface area (Å²) >= 11 is 0. The molecule has 28 heavy (non-hydrogen) atoms. The van der Waals surface area contributed by atoms with Crippen LogP contribution in [0, 0.1) is 10.1 Å². The van der Waals surface area contributed by atoms with Crippen molar-refractivity contribution in [3.63, 3.8) is 0 Å². The quantitative estimate of drug-likeness (QED) is 0.263. The summed E-state index contributed by atoms with van der Waals surface area (Å²) in [5.41, 5.74) is 2.39. The smallest absolute Gasteiger partial charge is 0.270 e. The van der Waals surface area contributed by atoms with Crippen molar-refractivity contribution in [2.24, 2.45) is 5.10 Å². The maximum atomic E-state index is 12.9. The Morgan fingerprint density at radius 2 is 1.89 bits per heavy atom. The third-order valence-corrected chi connectivity index (χ3v) is 6.02. The average Bonchev–Trinajstić information content (AvgIpc) is 2.65. The minimum Gasteiger partial charge on any atom is -0.504 e. The van der Waals surface area contributed by atoms with Crippen LogP contribution in [-0.2, 0) is 10.0 Å². The van der Waals surface area contributed by atoms with Gasteiger partial charge in [-0.15, -0.1) is 0 Å².